The van der Waals surface area contributed by atoms with Gasteiger partial charge in [-0.05, 0) is 33.6 Å². The van der Waals surface area contributed by atoms with Gasteiger partial charge in [-0.25, -0.2) is 22.7 Å². The SMILES string of the molecule is COC(=O)c1scc(NCCCCCNS(=O)(=O)C(C)(C)C)c1C(=O)OC. The van der Waals surface area contributed by atoms with Crippen molar-refractivity contribution in [3.8, 4) is 0 Å². The Hall–Kier alpha value is -1.65. The zero-order valence-corrected chi connectivity index (χ0v) is 18.0. The summed E-state index contributed by atoms with van der Waals surface area (Å²) in [5, 5.41) is 4.80. The van der Waals surface area contributed by atoms with E-state index in [2.05, 4.69) is 14.8 Å². The van der Waals surface area contributed by atoms with E-state index >= 15 is 0 Å². The van der Waals surface area contributed by atoms with E-state index in [1.807, 2.05) is 0 Å². The zero-order chi connectivity index (χ0) is 20.7. The Morgan fingerprint density at radius 3 is 2.19 bits per heavy atom. The standard InChI is InChI=1S/C17H28N2O6S2/c1-17(2,3)27(22,23)19-10-8-6-7-9-18-12-11-26-14(16(21)25-5)13(12)15(20)24-4/h11,18-19H,6-10H2,1-5H3. The van der Waals surface area contributed by atoms with Gasteiger partial charge in [0.15, 0.2) is 0 Å². The zero-order valence-electron chi connectivity index (χ0n) is 16.4. The lowest BCUT2D eigenvalue weighted by molar-refractivity contribution is 0.0561. The van der Waals surface area contributed by atoms with Crippen LogP contribution in [0.4, 0.5) is 5.69 Å². The molecule has 1 rings (SSSR count). The summed E-state index contributed by atoms with van der Waals surface area (Å²) in [5.74, 6) is -1.18. The average molecular weight is 421 g/mol. The van der Waals surface area contributed by atoms with Crippen molar-refractivity contribution in [1.29, 1.82) is 0 Å². The molecule has 27 heavy (non-hydrogen) atoms. The lowest BCUT2D eigenvalue weighted by atomic mass is 10.2. The van der Waals surface area contributed by atoms with Gasteiger partial charge in [-0.15, -0.1) is 11.3 Å². The molecule has 0 atom stereocenters. The molecule has 0 aromatic carbocycles. The Balaban J connectivity index is 2.48. The molecule has 0 bridgehead atoms. The molecule has 0 fully saturated rings. The van der Waals surface area contributed by atoms with E-state index in [0.29, 0.717) is 25.2 Å². The number of methoxy groups -OCH3 is 2. The minimum Gasteiger partial charge on any atom is -0.465 e. The highest BCUT2D eigenvalue weighted by atomic mass is 32.2. The van der Waals surface area contributed by atoms with Crippen molar-refractivity contribution in [3.63, 3.8) is 0 Å². The molecule has 0 unspecified atom stereocenters. The Labute approximate surface area is 164 Å². The Morgan fingerprint density at radius 2 is 1.63 bits per heavy atom. The number of unbranched alkanes of at least 4 members (excludes halogenated alkanes) is 2. The molecule has 1 aromatic rings. The molecule has 0 saturated heterocycles. The molecule has 0 radical (unpaired) electrons. The molecule has 0 amide bonds. The molecule has 0 saturated carbocycles. The molecule has 0 aliphatic heterocycles. The van der Waals surface area contributed by atoms with Crippen LogP contribution in [0.25, 0.3) is 0 Å². The van der Waals surface area contributed by atoms with Crippen LogP contribution in [0.3, 0.4) is 0 Å². The molecule has 154 valence electrons. The molecule has 10 heteroatoms. The minimum atomic E-state index is -3.32. The Bertz CT molecular complexity index is 750. The molecule has 0 aliphatic rings. The first kappa shape index (κ1) is 23.4. The first-order valence-electron chi connectivity index (χ1n) is 8.56. The summed E-state index contributed by atoms with van der Waals surface area (Å²) in [5.41, 5.74) is 0.702. The number of carbonyl (C=O) groups is 2. The molecule has 1 heterocycles. The lowest BCUT2D eigenvalue weighted by Crippen LogP contribution is -2.39. The number of sulfonamides is 1. The second-order valence-corrected chi connectivity index (χ2v) is 10.2. The van der Waals surface area contributed by atoms with Crippen LogP contribution in [-0.2, 0) is 19.5 Å². The highest BCUT2D eigenvalue weighted by Crippen LogP contribution is 2.29. The van der Waals surface area contributed by atoms with Crippen molar-refractivity contribution >= 4 is 39.0 Å². The highest BCUT2D eigenvalue weighted by molar-refractivity contribution is 7.90. The van der Waals surface area contributed by atoms with Crippen molar-refractivity contribution in [2.75, 3.05) is 32.6 Å². The number of carbonyl (C=O) groups excluding carboxylic acids is 2. The van der Waals surface area contributed by atoms with Gasteiger partial charge in [0.1, 0.15) is 10.4 Å². The van der Waals surface area contributed by atoms with Gasteiger partial charge in [-0.1, -0.05) is 6.42 Å². The van der Waals surface area contributed by atoms with E-state index < -0.39 is 26.7 Å². The van der Waals surface area contributed by atoms with Crippen LogP contribution >= 0.6 is 11.3 Å². The summed E-state index contributed by atoms with van der Waals surface area (Å²) in [6.45, 7) is 5.93. The van der Waals surface area contributed by atoms with Crippen molar-refractivity contribution in [2.24, 2.45) is 0 Å². The summed E-state index contributed by atoms with van der Waals surface area (Å²) in [4.78, 5) is 23.9. The molecule has 8 nitrogen and oxygen atoms in total. The van der Waals surface area contributed by atoms with E-state index in [4.69, 9.17) is 4.74 Å². The van der Waals surface area contributed by atoms with Crippen LogP contribution in [-0.4, -0.2) is 52.4 Å². The summed E-state index contributed by atoms with van der Waals surface area (Å²) >= 11 is 1.11. The van der Waals surface area contributed by atoms with E-state index in [-0.39, 0.29) is 10.4 Å². The number of nitrogens with one attached hydrogen (secondary N) is 2. The number of anilines is 1. The third kappa shape index (κ3) is 6.47. The monoisotopic (exact) mass is 420 g/mol. The van der Waals surface area contributed by atoms with Crippen LogP contribution in [0.5, 0.6) is 0 Å². The normalized spacial score (nSPS) is 11.9. The summed E-state index contributed by atoms with van der Waals surface area (Å²) < 4.78 is 35.1. The van der Waals surface area contributed by atoms with E-state index in [9.17, 15) is 18.0 Å². The van der Waals surface area contributed by atoms with E-state index in [1.165, 1.54) is 14.2 Å². The van der Waals surface area contributed by atoms with Gasteiger partial charge in [0.2, 0.25) is 10.0 Å². The fourth-order valence-electron chi connectivity index (χ4n) is 2.11. The minimum absolute atomic E-state index is 0.173. The summed E-state index contributed by atoms with van der Waals surface area (Å²) in [6, 6.07) is 0. The van der Waals surface area contributed by atoms with Crippen molar-refractivity contribution in [2.45, 2.75) is 44.8 Å². The van der Waals surface area contributed by atoms with Gasteiger partial charge in [0.05, 0.1) is 24.7 Å². The lowest BCUT2D eigenvalue weighted by Gasteiger charge is -2.19. The Morgan fingerprint density at radius 1 is 1.04 bits per heavy atom. The second kappa shape index (κ2) is 10.0. The summed E-state index contributed by atoms with van der Waals surface area (Å²) in [7, 11) is -0.811. The molecule has 0 aliphatic carbocycles. The number of hydrogen-bond donors (Lipinski definition) is 2. The van der Waals surface area contributed by atoms with E-state index in [0.717, 1.165) is 24.2 Å². The number of hydrogen-bond acceptors (Lipinski definition) is 8. The van der Waals surface area contributed by atoms with Crippen LogP contribution in [0.2, 0.25) is 0 Å². The second-order valence-electron chi connectivity index (χ2n) is 6.83. The predicted octanol–water partition coefficient (Wildman–Crippen LogP) is 2.62. The maximum Gasteiger partial charge on any atom is 0.349 e. The van der Waals surface area contributed by atoms with Gasteiger partial charge in [0.25, 0.3) is 0 Å². The van der Waals surface area contributed by atoms with Crippen molar-refractivity contribution < 1.29 is 27.5 Å². The third-order valence-electron chi connectivity index (χ3n) is 3.82. The van der Waals surface area contributed by atoms with Crippen LogP contribution < -0.4 is 10.0 Å². The first-order valence-corrected chi connectivity index (χ1v) is 10.9. The quantitative estimate of drug-likeness (QED) is 0.442. The topological polar surface area (TPSA) is 111 Å². The fraction of sp³-hybridized carbons (Fsp3) is 0.647. The molecule has 2 N–H and O–H groups in total. The molecular formula is C17H28N2O6S2. The van der Waals surface area contributed by atoms with Gasteiger partial charge in [0, 0.05) is 18.5 Å². The number of esters is 2. The number of rotatable bonds is 10. The number of ether oxygens (including phenoxy) is 2. The van der Waals surface area contributed by atoms with Gasteiger partial charge >= 0.3 is 11.9 Å². The maximum absolute atomic E-state index is 12.0. The van der Waals surface area contributed by atoms with Crippen LogP contribution in [0.15, 0.2) is 5.38 Å². The molecule has 1 aromatic heterocycles. The van der Waals surface area contributed by atoms with Crippen LogP contribution in [0.1, 0.15) is 60.1 Å². The van der Waals surface area contributed by atoms with Crippen molar-refractivity contribution in [1.82, 2.24) is 4.72 Å². The summed E-state index contributed by atoms with van der Waals surface area (Å²) in [6.07, 6.45) is 2.29. The van der Waals surface area contributed by atoms with Gasteiger partial charge in [-0.2, -0.15) is 0 Å². The van der Waals surface area contributed by atoms with E-state index in [1.54, 1.807) is 26.2 Å². The number of thiophene rings is 1. The molecule has 0 spiro atoms. The first-order chi connectivity index (χ1) is 12.5. The molecular weight excluding hydrogens is 392 g/mol. The third-order valence-corrected chi connectivity index (χ3v) is 6.98. The highest BCUT2D eigenvalue weighted by Gasteiger charge is 2.28. The largest absolute Gasteiger partial charge is 0.465 e. The van der Waals surface area contributed by atoms with Gasteiger partial charge < -0.3 is 14.8 Å². The van der Waals surface area contributed by atoms with Crippen LogP contribution in [0, 0.1) is 0 Å². The Kier molecular flexibility index (Phi) is 8.70. The van der Waals surface area contributed by atoms with Crippen molar-refractivity contribution in [3.05, 3.63) is 15.8 Å². The fourth-order valence-corrected chi connectivity index (χ4v) is 3.88. The van der Waals surface area contributed by atoms with Gasteiger partial charge in [-0.3, -0.25) is 0 Å². The maximum atomic E-state index is 12.0. The smallest absolute Gasteiger partial charge is 0.349 e. The average Bonchev–Trinajstić information content (AvgIpc) is 3.02. The predicted molar refractivity (Wildman–Crippen MR) is 106 cm³/mol.